The molecule has 10 nitrogen and oxygen atoms in total. The van der Waals surface area contributed by atoms with E-state index in [1.54, 1.807) is 0 Å². The molecule has 120 valence electrons. The summed E-state index contributed by atoms with van der Waals surface area (Å²) in [5.74, 6) is -3.43. The second-order valence-electron chi connectivity index (χ2n) is 4.46. The van der Waals surface area contributed by atoms with Gasteiger partial charge in [0.15, 0.2) is 5.96 Å². The summed E-state index contributed by atoms with van der Waals surface area (Å²) in [4.78, 5) is 38.1. The van der Waals surface area contributed by atoms with Gasteiger partial charge < -0.3 is 32.3 Å². The van der Waals surface area contributed by atoms with Crippen molar-refractivity contribution in [2.45, 2.75) is 31.3 Å². The molecule has 0 aliphatic carbocycles. The molecule has 0 aromatic carbocycles. The predicted molar refractivity (Wildman–Crippen MR) is 74.3 cm³/mol. The van der Waals surface area contributed by atoms with Crippen LogP contribution in [0.4, 0.5) is 0 Å². The lowest BCUT2D eigenvalue weighted by Gasteiger charge is -2.26. The lowest BCUT2D eigenvalue weighted by molar-refractivity contribution is -0.153. The normalized spacial score (nSPS) is 13.0. The predicted octanol–water partition coefficient (Wildman–Crippen LogP) is -2.25. The molecule has 1 amide bonds. The van der Waals surface area contributed by atoms with Gasteiger partial charge in [-0.1, -0.05) is 0 Å². The second kappa shape index (κ2) is 8.74. The number of aliphatic imine (C=N–C) groups is 1. The zero-order valence-corrected chi connectivity index (χ0v) is 11.7. The summed E-state index contributed by atoms with van der Waals surface area (Å²) in [6.07, 6.45) is -0.00697. The van der Waals surface area contributed by atoms with Crippen LogP contribution in [0.15, 0.2) is 4.99 Å². The maximum atomic E-state index is 12.0. The van der Waals surface area contributed by atoms with E-state index in [9.17, 15) is 14.4 Å². The first-order valence-electron chi connectivity index (χ1n) is 6.19. The largest absolute Gasteiger partial charge is 0.481 e. The van der Waals surface area contributed by atoms with Crippen molar-refractivity contribution in [3.8, 4) is 0 Å². The van der Waals surface area contributed by atoms with Crippen LogP contribution in [0, 0.1) is 0 Å². The number of carbonyl (C=O) groups excluding carboxylic acids is 1. The van der Waals surface area contributed by atoms with Gasteiger partial charge in [-0.25, -0.2) is 4.79 Å². The van der Waals surface area contributed by atoms with Crippen LogP contribution >= 0.6 is 0 Å². The van der Waals surface area contributed by atoms with E-state index in [4.69, 9.17) is 27.4 Å². The van der Waals surface area contributed by atoms with Crippen molar-refractivity contribution in [3.63, 3.8) is 0 Å². The number of nitrogens with two attached hydrogens (primary N) is 3. The van der Waals surface area contributed by atoms with Gasteiger partial charge in [-0.05, 0) is 12.8 Å². The number of likely N-dealkylation sites (N-methyl/N-ethyl adjacent to an activating group) is 1. The molecule has 0 fully saturated rings. The third-order valence-electron chi connectivity index (χ3n) is 2.75. The molecular formula is C11H21N5O5. The molecule has 0 aromatic rings. The number of hydrogen-bond acceptors (Lipinski definition) is 5. The number of rotatable bonds is 9. The van der Waals surface area contributed by atoms with Crippen LogP contribution in [0.25, 0.3) is 0 Å². The van der Waals surface area contributed by atoms with Gasteiger partial charge in [-0.3, -0.25) is 14.6 Å². The Balaban J connectivity index is 4.54. The smallest absolute Gasteiger partial charge is 0.327 e. The van der Waals surface area contributed by atoms with Crippen LogP contribution in [0.3, 0.4) is 0 Å². The van der Waals surface area contributed by atoms with Gasteiger partial charge in [0.1, 0.15) is 6.04 Å². The van der Waals surface area contributed by atoms with E-state index < -0.39 is 36.4 Å². The van der Waals surface area contributed by atoms with Gasteiger partial charge >= 0.3 is 11.9 Å². The number of guanidine groups is 1. The molecule has 0 saturated heterocycles. The molecule has 0 rings (SSSR count). The topological polar surface area (TPSA) is 185 Å². The van der Waals surface area contributed by atoms with Gasteiger partial charge in [-0.2, -0.15) is 0 Å². The lowest BCUT2D eigenvalue weighted by atomic mass is 10.1. The van der Waals surface area contributed by atoms with E-state index in [-0.39, 0.29) is 12.4 Å². The molecule has 10 heteroatoms. The molecule has 0 radical (unpaired) electrons. The molecule has 0 heterocycles. The SMILES string of the molecule is CN(C(=O)[C@@H](N)CCCN=C(N)N)[C@@H](CC(=O)O)C(=O)O. The average molecular weight is 303 g/mol. The highest BCUT2D eigenvalue weighted by Gasteiger charge is 2.31. The first-order valence-corrected chi connectivity index (χ1v) is 6.19. The van der Waals surface area contributed by atoms with Gasteiger partial charge in [-0.15, -0.1) is 0 Å². The Morgan fingerprint density at radius 2 is 1.81 bits per heavy atom. The second-order valence-corrected chi connectivity index (χ2v) is 4.46. The molecule has 0 spiro atoms. The van der Waals surface area contributed by atoms with E-state index in [2.05, 4.69) is 4.99 Å². The zero-order valence-electron chi connectivity index (χ0n) is 11.7. The highest BCUT2D eigenvalue weighted by Crippen LogP contribution is 2.07. The minimum absolute atomic E-state index is 0.0700. The Kier molecular flexibility index (Phi) is 7.76. The fourth-order valence-electron chi connectivity index (χ4n) is 1.61. The summed E-state index contributed by atoms with van der Waals surface area (Å²) in [6, 6.07) is -2.40. The third kappa shape index (κ3) is 7.11. The lowest BCUT2D eigenvalue weighted by Crippen LogP contribution is -2.50. The summed E-state index contributed by atoms with van der Waals surface area (Å²) >= 11 is 0. The molecule has 8 N–H and O–H groups in total. The summed E-state index contributed by atoms with van der Waals surface area (Å²) in [5.41, 5.74) is 15.9. The highest BCUT2D eigenvalue weighted by atomic mass is 16.4. The summed E-state index contributed by atoms with van der Waals surface area (Å²) in [5, 5.41) is 17.6. The van der Waals surface area contributed by atoms with E-state index >= 15 is 0 Å². The fourth-order valence-corrected chi connectivity index (χ4v) is 1.61. The molecule has 0 aliphatic rings. The van der Waals surface area contributed by atoms with Crippen molar-refractivity contribution >= 4 is 23.8 Å². The standard InChI is InChI=1S/C11H21N5O5/c1-16(7(10(20)21)5-8(17)18)9(19)6(12)3-2-4-15-11(13)14/h6-7H,2-5,12H2,1H3,(H,17,18)(H,20,21)(H4,13,14,15)/t6-,7-/m0/s1. The Hall–Kier alpha value is -2.36. The van der Waals surface area contributed by atoms with Crippen molar-refractivity contribution < 1.29 is 24.6 Å². The summed E-state index contributed by atoms with van der Waals surface area (Å²) in [6.45, 7) is 0.296. The van der Waals surface area contributed by atoms with E-state index in [0.717, 1.165) is 4.90 Å². The zero-order chi connectivity index (χ0) is 16.6. The number of carboxylic acid groups (broad SMARTS) is 2. The Labute approximate surface area is 121 Å². The van der Waals surface area contributed by atoms with Crippen molar-refractivity contribution in [2.75, 3.05) is 13.6 Å². The Morgan fingerprint density at radius 3 is 2.24 bits per heavy atom. The molecular weight excluding hydrogens is 282 g/mol. The fraction of sp³-hybridized carbons (Fsp3) is 0.636. The number of nitrogens with zero attached hydrogens (tertiary/aromatic N) is 2. The van der Waals surface area contributed by atoms with Crippen molar-refractivity contribution in [1.82, 2.24) is 4.90 Å². The monoisotopic (exact) mass is 303 g/mol. The van der Waals surface area contributed by atoms with Gasteiger partial charge in [0.2, 0.25) is 5.91 Å². The van der Waals surface area contributed by atoms with Crippen molar-refractivity contribution in [1.29, 1.82) is 0 Å². The van der Waals surface area contributed by atoms with Crippen LogP contribution in [-0.2, 0) is 14.4 Å². The first-order chi connectivity index (χ1) is 9.66. The summed E-state index contributed by atoms with van der Waals surface area (Å²) in [7, 11) is 1.21. The maximum absolute atomic E-state index is 12.0. The Morgan fingerprint density at radius 1 is 1.24 bits per heavy atom. The van der Waals surface area contributed by atoms with E-state index in [1.165, 1.54) is 7.05 Å². The molecule has 0 aliphatic heterocycles. The number of aliphatic carboxylic acids is 2. The van der Waals surface area contributed by atoms with Gasteiger partial charge in [0.25, 0.3) is 0 Å². The van der Waals surface area contributed by atoms with Gasteiger partial charge in [0, 0.05) is 13.6 Å². The number of carboxylic acids is 2. The number of amides is 1. The minimum Gasteiger partial charge on any atom is -0.481 e. The first kappa shape index (κ1) is 18.6. The minimum atomic E-state index is -1.46. The molecule has 0 aromatic heterocycles. The van der Waals surface area contributed by atoms with Crippen molar-refractivity contribution in [2.24, 2.45) is 22.2 Å². The van der Waals surface area contributed by atoms with Crippen LogP contribution < -0.4 is 17.2 Å². The molecule has 0 unspecified atom stereocenters. The van der Waals surface area contributed by atoms with Crippen LogP contribution in [0.5, 0.6) is 0 Å². The maximum Gasteiger partial charge on any atom is 0.327 e. The quantitative estimate of drug-likeness (QED) is 0.179. The van der Waals surface area contributed by atoms with E-state index in [1.807, 2.05) is 0 Å². The number of carbonyl (C=O) groups is 3. The van der Waals surface area contributed by atoms with E-state index in [0.29, 0.717) is 13.0 Å². The van der Waals surface area contributed by atoms with Crippen molar-refractivity contribution in [3.05, 3.63) is 0 Å². The van der Waals surface area contributed by atoms with Crippen LogP contribution in [-0.4, -0.2) is 64.6 Å². The highest BCUT2D eigenvalue weighted by molar-refractivity contribution is 5.88. The molecule has 21 heavy (non-hydrogen) atoms. The molecule has 0 bridgehead atoms. The third-order valence-corrected chi connectivity index (χ3v) is 2.75. The molecule has 0 saturated carbocycles. The Bertz CT molecular complexity index is 421. The summed E-state index contributed by atoms with van der Waals surface area (Å²) < 4.78 is 0. The van der Waals surface area contributed by atoms with Crippen LogP contribution in [0.1, 0.15) is 19.3 Å². The molecule has 2 atom stereocenters. The number of hydrogen-bond donors (Lipinski definition) is 5. The van der Waals surface area contributed by atoms with Gasteiger partial charge in [0.05, 0.1) is 12.5 Å². The van der Waals surface area contributed by atoms with Crippen LogP contribution in [0.2, 0.25) is 0 Å². The average Bonchev–Trinajstić information content (AvgIpc) is 2.38.